The Balaban J connectivity index is 1.51. The molecule has 7 nitrogen and oxygen atoms in total. The second-order valence-corrected chi connectivity index (χ2v) is 6.36. The second kappa shape index (κ2) is 8.94. The lowest BCUT2D eigenvalue weighted by Crippen LogP contribution is -2.28. The number of hydrogen-bond acceptors (Lipinski definition) is 5. The van der Waals surface area contributed by atoms with Gasteiger partial charge in [0.15, 0.2) is 6.61 Å². The summed E-state index contributed by atoms with van der Waals surface area (Å²) in [5.41, 5.74) is 3.03. The highest BCUT2D eigenvalue weighted by atomic mass is 16.5. The molecule has 0 aliphatic carbocycles. The zero-order chi connectivity index (χ0) is 19.9. The van der Waals surface area contributed by atoms with Crippen LogP contribution in [0.4, 0.5) is 0 Å². The molecule has 0 aromatic heterocycles. The van der Waals surface area contributed by atoms with Gasteiger partial charge in [0, 0.05) is 19.9 Å². The van der Waals surface area contributed by atoms with Gasteiger partial charge in [-0.2, -0.15) is 5.10 Å². The highest BCUT2D eigenvalue weighted by Gasteiger charge is 2.22. The van der Waals surface area contributed by atoms with Crippen molar-refractivity contribution in [3.8, 4) is 0 Å². The molecule has 0 saturated carbocycles. The summed E-state index contributed by atoms with van der Waals surface area (Å²) in [6.07, 6.45) is 0.666. The number of carbonyl (C=O) groups excluding carboxylic acids is 3. The number of esters is 1. The first-order chi connectivity index (χ1) is 13.5. The minimum atomic E-state index is -0.578. The number of amides is 2. The topological polar surface area (TPSA) is 88.1 Å². The van der Waals surface area contributed by atoms with Gasteiger partial charge in [0.05, 0.1) is 17.8 Å². The zero-order valence-corrected chi connectivity index (χ0v) is 15.6. The van der Waals surface area contributed by atoms with E-state index in [1.165, 1.54) is 11.9 Å². The van der Waals surface area contributed by atoms with E-state index in [1.807, 2.05) is 30.3 Å². The van der Waals surface area contributed by atoms with Gasteiger partial charge in [0.25, 0.3) is 5.91 Å². The van der Waals surface area contributed by atoms with E-state index in [0.29, 0.717) is 25.1 Å². The summed E-state index contributed by atoms with van der Waals surface area (Å²) in [4.78, 5) is 35.3. The molecule has 0 spiro atoms. The second-order valence-electron chi connectivity index (χ2n) is 6.36. The lowest BCUT2D eigenvalue weighted by atomic mass is 10.1. The number of hydrogen-bond donors (Lipinski definition) is 1. The number of nitrogens with zero attached hydrogens (tertiary/aromatic N) is 2. The van der Waals surface area contributed by atoms with Crippen LogP contribution in [0.2, 0.25) is 0 Å². The molecule has 0 atom stereocenters. The number of benzene rings is 2. The van der Waals surface area contributed by atoms with Crippen molar-refractivity contribution in [3.05, 3.63) is 71.3 Å². The Morgan fingerprint density at radius 1 is 1.07 bits per heavy atom. The van der Waals surface area contributed by atoms with E-state index in [-0.39, 0.29) is 18.4 Å². The largest absolute Gasteiger partial charge is 0.452 e. The van der Waals surface area contributed by atoms with Gasteiger partial charge in [-0.25, -0.2) is 9.80 Å². The Labute approximate surface area is 163 Å². The molecule has 1 aliphatic rings. The third-order valence-corrected chi connectivity index (χ3v) is 4.25. The van der Waals surface area contributed by atoms with E-state index in [0.717, 1.165) is 16.8 Å². The van der Waals surface area contributed by atoms with E-state index in [4.69, 9.17) is 4.74 Å². The van der Waals surface area contributed by atoms with Gasteiger partial charge < -0.3 is 10.1 Å². The molecule has 0 radical (unpaired) electrons. The summed E-state index contributed by atoms with van der Waals surface area (Å²) in [5, 5.41) is 8.35. The van der Waals surface area contributed by atoms with Crippen molar-refractivity contribution in [2.24, 2.45) is 5.10 Å². The third-order valence-electron chi connectivity index (χ3n) is 4.25. The Hall–Kier alpha value is -3.48. The van der Waals surface area contributed by atoms with Crippen LogP contribution in [0.1, 0.15) is 34.8 Å². The van der Waals surface area contributed by atoms with Crippen LogP contribution >= 0.6 is 0 Å². The van der Waals surface area contributed by atoms with E-state index in [2.05, 4.69) is 10.4 Å². The van der Waals surface area contributed by atoms with Gasteiger partial charge in [-0.1, -0.05) is 42.5 Å². The SMILES string of the molecule is CC(=O)NCc1ccc(C(=O)OCC(=O)N2CCC(c3ccccc3)=N2)cc1. The van der Waals surface area contributed by atoms with Crippen LogP contribution in [0.3, 0.4) is 0 Å². The highest BCUT2D eigenvalue weighted by molar-refractivity contribution is 6.02. The summed E-state index contributed by atoms with van der Waals surface area (Å²) in [6.45, 7) is 1.94. The average Bonchev–Trinajstić information content (AvgIpc) is 3.21. The van der Waals surface area contributed by atoms with Crippen molar-refractivity contribution in [1.29, 1.82) is 0 Å². The van der Waals surface area contributed by atoms with Crippen LogP contribution in [0.15, 0.2) is 59.7 Å². The van der Waals surface area contributed by atoms with Crippen LogP contribution < -0.4 is 5.32 Å². The van der Waals surface area contributed by atoms with Crippen molar-refractivity contribution >= 4 is 23.5 Å². The molecule has 2 amide bonds. The Bertz CT molecular complexity index is 892. The maximum Gasteiger partial charge on any atom is 0.338 e. The summed E-state index contributed by atoms with van der Waals surface area (Å²) in [6, 6.07) is 16.3. The van der Waals surface area contributed by atoms with Crippen LogP contribution in [0.25, 0.3) is 0 Å². The van der Waals surface area contributed by atoms with Gasteiger partial charge in [-0.3, -0.25) is 9.59 Å². The van der Waals surface area contributed by atoms with Crippen molar-refractivity contribution in [3.63, 3.8) is 0 Å². The molecular weight excluding hydrogens is 358 g/mol. The molecule has 144 valence electrons. The number of hydrazone groups is 1. The van der Waals surface area contributed by atoms with E-state index < -0.39 is 5.97 Å². The van der Waals surface area contributed by atoms with Gasteiger partial charge in [-0.15, -0.1) is 0 Å². The molecular formula is C21H21N3O4. The van der Waals surface area contributed by atoms with Gasteiger partial charge in [-0.05, 0) is 23.3 Å². The lowest BCUT2D eigenvalue weighted by molar-refractivity contribution is -0.134. The molecule has 0 bridgehead atoms. The summed E-state index contributed by atoms with van der Waals surface area (Å²) >= 11 is 0. The predicted octanol–water partition coefficient (Wildman–Crippen LogP) is 2.12. The molecule has 1 aliphatic heterocycles. The Kier molecular flexibility index (Phi) is 6.16. The van der Waals surface area contributed by atoms with Crippen molar-refractivity contribution in [1.82, 2.24) is 10.3 Å². The number of ether oxygens (including phenoxy) is 1. The van der Waals surface area contributed by atoms with E-state index in [9.17, 15) is 14.4 Å². The average molecular weight is 379 g/mol. The molecule has 1 heterocycles. The fourth-order valence-corrected chi connectivity index (χ4v) is 2.74. The lowest BCUT2D eigenvalue weighted by Gasteiger charge is -2.11. The van der Waals surface area contributed by atoms with Gasteiger partial charge in [0.1, 0.15) is 0 Å². The van der Waals surface area contributed by atoms with Crippen LogP contribution in [0, 0.1) is 0 Å². The van der Waals surface area contributed by atoms with Crippen LogP contribution in [-0.2, 0) is 20.9 Å². The molecule has 0 saturated heterocycles. The minimum Gasteiger partial charge on any atom is -0.452 e. The van der Waals surface area contributed by atoms with Gasteiger partial charge >= 0.3 is 5.97 Å². The molecule has 3 rings (SSSR count). The summed E-state index contributed by atoms with van der Waals surface area (Å²) in [7, 11) is 0. The molecule has 2 aromatic carbocycles. The first-order valence-corrected chi connectivity index (χ1v) is 8.96. The monoisotopic (exact) mass is 379 g/mol. The first-order valence-electron chi connectivity index (χ1n) is 8.96. The number of carbonyl (C=O) groups is 3. The molecule has 2 aromatic rings. The number of rotatable bonds is 6. The summed E-state index contributed by atoms with van der Waals surface area (Å²) < 4.78 is 5.11. The smallest absolute Gasteiger partial charge is 0.338 e. The quantitative estimate of drug-likeness (QED) is 0.779. The highest BCUT2D eigenvalue weighted by Crippen LogP contribution is 2.14. The molecule has 28 heavy (non-hydrogen) atoms. The molecule has 0 fully saturated rings. The Morgan fingerprint density at radius 2 is 1.79 bits per heavy atom. The maximum atomic E-state index is 12.3. The van der Waals surface area contributed by atoms with Crippen molar-refractivity contribution in [2.45, 2.75) is 19.9 Å². The fraction of sp³-hybridized carbons (Fsp3) is 0.238. The maximum absolute atomic E-state index is 12.3. The van der Waals surface area contributed by atoms with Gasteiger partial charge in [0.2, 0.25) is 5.91 Å². The number of nitrogens with one attached hydrogen (secondary N) is 1. The predicted molar refractivity (Wildman–Crippen MR) is 104 cm³/mol. The molecule has 0 unspecified atom stereocenters. The van der Waals surface area contributed by atoms with Crippen molar-refractivity contribution in [2.75, 3.05) is 13.2 Å². The molecule has 7 heteroatoms. The normalized spacial score (nSPS) is 13.0. The van der Waals surface area contributed by atoms with E-state index >= 15 is 0 Å². The Morgan fingerprint density at radius 3 is 2.46 bits per heavy atom. The first kappa shape index (κ1) is 19.3. The zero-order valence-electron chi connectivity index (χ0n) is 15.6. The fourth-order valence-electron chi connectivity index (χ4n) is 2.74. The molecule has 1 N–H and O–H groups in total. The minimum absolute atomic E-state index is 0.123. The third kappa shape index (κ3) is 5.03. The standard InChI is InChI=1S/C21H21N3O4/c1-15(25)22-13-16-7-9-18(10-8-16)21(27)28-14-20(26)24-12-11-19(23-24)17-5-3-2-4-6-17/h2-10H,11-14H2,1H3,(H,22,25). The van der Waals surface area contributed by atoms with E-state index in [1.54, 1.807) is 24.3 Å². The van der Waals surface area contributed by atoms with Crippen LogP contribution in [0.5, 0.6) is 0 Å². The van der Waals surface area contributed by atoms with Crippen LogP contribution in [-0.4, -0.2) is 41.7 Å². The summed E-state index contributed by atoms with van der Waals surface area (Å²) in [5.74, 6) is -1.06. The van der Waals surface area contributed by atoms with Crippen molar-refractivity contribution < 1.29 is 19.1 Å².